The van der Waals surface area contributed by atoms with Gasteiger partial charge >= 0.3 is 0 Å². The quantitative estimate of drug-likeness (QED) is 0.718. The van der Waals surface area contributed by atoms with Crippen LogP contribution in [-0.4, -0.2) is 14.8 Å². The molecule has 1 aliphatic heterocycles. The molecule has 2 heterocycles. The smallest absolute Gasteiger partial charge is 0.158 e. The molecular formula is C10H8BrN3. The van der Waals surface area contributed by atoms with Crippen LogP contribution in [-0.2, 0) is 13.0 Å². The zero-order valence-corrected chi connectivity index (χ0v) is 9.03. The van der Waals surface area contributed by atoms with E-state index in [4.69, 9.17) is 0 Å². The Kier molecular flexibility index (Phi) is 1.70. The number of halogens is 1. The molecule has 70 valence electrons. The molecule has 0 saturated heterocycles. The summed E-state index contributed by atoms with van der Waals surface area (Å²) in [4.78, 5) is 4.27. The first-order valence-electron chi connectivity index (χ1n) is 4.51. The van der Waals surface area contributed by atoms with E-state index in [0.29, 0.717) is 0 Å². The first kappa shape index (κ1) is 8.17. The molecule has 3 rings (SSSR count). The van der Waals surface area contributed by atoms with Crippen LogP contribution in [0.3, 0.4) is 0 Å². The van der Waals surface area contributed by atoms with Crippen LogP contribution >= 0.6 is 15.9 Å². The molecule has 0 bridgehead atoms. The number of benzene rings is 1. The second-order valence-corrected chi connectivity index (χ2v) is 4.27. The lowest BCUT2D eigenvalue weighted by molar-refractivity contribution is 0.605. The van der Waals surface area contributed by atoms with Gasteiger partial charge in [-0.1, -0.05) is 22.0 Å². The van der Waals surface area contributed by atoms with E-state index in [1.165, 1.54) is 11.1 Å². The highest BCUT2D eigenvalue weighted by Crippen LogP contribution is 2.29. The first-order valence-corrected chi connectivity index (χ1v) is 5.30. The Bertz CT molecular complexity index is 490. The molecule has 0 radical (unpaired) electrons. The number of rotatable bonds is 0. The van der Waals surface area contributed by atoms with Crippen molar-refractivity contribution in [3.05, 3.63) is 34.6 Å². The fourth-order valence-corrected chi connectivity index (χ4v) is 2.20. The average Bonchev–Trinajstić information content (AvgIpc) is 2.65. The van der Waals surface area contributed by atoms with E-state index in [1.54, 1.807) is 6.33 Å². The normalized spacial score (nSPS) is 13.5. The molecule has 0 fully saturated rings. The lowest BCUT2D eigenvalue weighted by atomic mass is 10.0. The lowest BCUT2D eigenvalue weighted by Gasteiger charge is -2.16. The van der Waals surface area contributed by atoms with Crippen LogP contribution in [0.15, 0.2) is 29.0 Å². The Balaban J connectivity index is 2.28. The van der Waals surface area contributed by atoms with Crippen molar-refractivity contribution < 1.29 is 0 Å². The number of hydrogen-bond donors (Lipinski definition) is 0. The maximum atomic E-state index is 4.27. The van der Waals surface area contributed by atoms with Gasteiger partial charge in [-0.25, -0.2) is 9.67 Å². The predicted octanol–water partition coefficient (Wildman–Crippen LogP) is 2.26. The average molecular weight is 250 g/mol. The summed E-state index contributed by atoms with van der Waals surface area (Å²) < 4.78 is 3.04. The minimum atomic E-state index is 0.934. The van der Waals surface area contributed by atoms with E-state index in [9.17, 15) is 0 Å². The van der Waals surface area contributed by atoms with Crippen molar-refractivity contribution in [2.75, 3.05) is 0 Å². The van der Waals surface area contributed by atoms with Gasteiger partial charge in [0.25, 0.3) is 0 Å². The second kappa shape index (κ2) is 2.92. The largest absolute Gasteiger partial charge is 0.245 e. The molecule has 1 aromatic carbocycles. The van der Waals surface area contributed by atoms with E-state index >= 15 is 0 Å². The highest BCUT2D eigenvalue weighted by atomic mass is 79.9. The van der Waals surface area contributed by atoms with E-state index < -0.39 is 0 Å². The van der Waals surface area contributed by atoms with Gasteiger partial charge in [0, 0.05) is 16.6 Å². The third-order valence-corrected chi connectivity index (χ3v) is 3.01. The molecule has 4 heteroatoms. The number of hydrogen-bond acceptors (Lipinski definition) is 2. The Morgan fingerprint density at radius 3 is 3.21 bits per heavy atom. The summed E-state index contributed by atoms with van der Waals surface area (Å²) in [7, 11) is 0. The molecule has 2 aromatic rings. The van der Waals surface area contributed by atoms with Crippen molar-refractivity contribution in [1.82, 2.24) is 14.8 Å². The van der Waals surface area contributed by atoms with Crippen molar-refractivity contribution >= 4 is 15.9 Å². The van der Waals surface area contributed by atoms with E-state index in [1.807, 2.05) is 4.68 Å². The molecule has 0 unspecified atom stereocenters. The predicted molar refractivity (Wildman–Crippen MR) is 56.9 cm³/mol. The monoisotopic (exact) mass is 249 g/mol. The molecule has 14 heavy (non-hydrogen) atoms. The molecule has 0 aliphatic carbocycles. The van der Waals surface area contributed by atoms with Gasteiger partial charge in [-0.3, -0.25) is 0 Å². The standard InChI is InChI=1S/C10H8BrN3/c11-8-2-1-7-3-4-14-10(9(7)5-8)12-6-13-14/h1-2,5-6H,3-4H2. The van der Waals surface area contributed by atoms with Crippen molar-refractivity contribution in [3.8, 4) is 11.4 Å². The molecule has 0 N–H and O–H groups in total. The van der Waals surface area contributed by atoms with Crippen LogP contribution in [0.5, 0.6) is 0 Å². The van der Waals surface area contributed by atoms with Crippen molar-refractivity contribution in [3.63, 3.8) is 0 Å². The fraction of sp³-hybridized carbons (Fsp3) is 0.200. The third-order valence-electron chi connectivity index (χ3n) is 2.52. The minimum Gasteiger partial charge on any atom is -0.245 e. The highest BCUT2D eigenvalue weighted by Gasteiger charge is 2.17. The van der Waals surface area contributed by atoms with Gasteiger partial charge in [0.1, 0.15) is 6.33 Å². The summed E-state index contributed by atoms with van der Waals surface area (Å²) in [5.41, 5.74) is 2.55. The van der Waals surface area contributed by atoms with Crippen molar-refractivity contribution in [1.29, 1.82) is 0 Å². The second-order valence-electron chi connectivity index (χ2n) is 3.36. The number of fused-ring (bicyclic) bond motifs is 3. The van der Waals surface area contributed by atoms with Crippen LogP contribution in [0.4, 0.5) is 0 Å². The van der Waals surface area contributed by atoms with Crippen LogP contribution in [0.2, 0.25) is 0 Å². The zero-order valence-electron chi connectivity index (χ0n) is 7.44. The number of aryl methyl sites for hydroxylation is 2. The Morgan fingerprint density at radius 1 is 1.36 bits per heavy atom. The van der Waals surface area contributed by atoms with Crippen LogP contribution in [0.1, 0.15) is 5.56 Å². The molecule has 0 amide bonds. The number of aromatic nitrogens is 3. The van der Waals surface area contributed by atoms with Crippen molar-refractivity contribution in [2.24, 2.45) is 0 Å². The van der Waals surface area contributed by atoms with Gasteiger partial charge < -0.3 is 0 Å². The van der Waals surface area contributed by atoms with Gasteiger partial charge in [-0.2, -0.15) is 5.10 Å². The molecule has 0 spiro atoms. The van der Waals surface area contributed by atoms with Gasteiger partial charge in [0.05, 0.1) is 0 Å². The summed E-state index contributed by atoms with van der Waals surface area (Å²) in [5.74, 6) is 0.979. The summed E-state index contributed by atoms with van der Waals surface area (Å²) in [6, 6.07) is 6.33. The summed E-state index contributed by atoms with van der Waals surface area (Å²) in [5, 5.41) is 4.18. The SMILES string of the molecule is Brc1ccc2c(c1)-c1ncnn1CC2. The molecule has 1 aromatic heterocycles. The Labute approximate surface area is 89.9 Å². The van der Waals surface area contributed by atoms with E-state index in [-0.39, 0.29) is 0 Å². The number of nitrogens with zero attached hydrogens (tertiary/aromatic N) is 3. The van der Waals surface area contributed by atoms with Gasteiger partial charge in [0.15, 0.2) is 5.82 Å². The summed E-state index contributed by atoms with van der Waals surface area (Å²) in [6.45, 7) is 0.934. The zero-order chi connectivity index (χ0) is 9.54. The first-order chi connectivity index (χ1) is 6.84. The Morgan fingerprint density at radius 2 is 2.29 bits per heavy atom. The molecule has 1 aliphatic rings. The molecule has 3 nitrogen and oxygen atoms in total. The van der Waals surface area contributed by atoms with Crippen LogP contribution < -0.4 is 0 Å². The maximum absolute atomic E-state index is 4.27. The highest BCUT2D eigenvalue weighted by molar-refractivity contribution is 9.10. The van der Waals surface area contributed by atoms with E-state index in [2.05, 4.69) is 44.2 Å². The third kappa shape index (κ3) is 1.10. The topological polar surface area (TPSA) is 30.7 Å². The van der Waals surface area contributed by atoms with Crippen LogP contribution in [0, 0.1) is 0 Å². The van der Waals surface area contributed by atoms with Crippen molar-refractivity contribution in [2.45, 2.75) is 13.0 Å². The lowest BCUT2D eigenvalue weighted by Crippen LogP contribution is -2.12. The van der Waals surface area contributed by atoms with Gasteiger partial charge in [0.2, 0.25) is 0 Å². The van der Waals surface area contributed by atoms with Gasteiger partial charge in [-0.15, -0.1) is 0 Å². The fourth-order valence-electron chi connectivity index (χ4n) is 1.84. The maximum Gasteiger partial charge on any atom is 0.158 e. The molecule has 0 saturated carbocycles. The minimum absolute atomic E-state index is 0.934. The van der Waals surface area contributed by atoms with Gasteiger partial charge in [-0.05, 0) is 24.1 Å². The van der Waals surface area contributed by atoms with Crippen LogP contribution in [0.25, 0.3) is 11.4 Å². The Hall–Kier alpha value is -1.16. The molecular weight excluding hydrogens is 242 g/mol. The summed E-state index contributed by atoms with van der Waals surface area (Å²) in [6.07, 6.45) is 2.66. The summed E-state index contributed by atoms with van der Waals surface area (Å²) >= 11 is 3.47. The molecule has 0 atom stereocenters. The van der Waals surface area contributed by atoms with E-state index in [0.717, 1.165) is 23.3 Å².